The Morgan fingerprint density at radius 2 is 2.06 bits per heavy atom. The first kappa shape index (κ1) is 15.1. The van der Waals surface area contributed by atoms with E-state index < -0.39 is 16.9 Å². The molecule has 1 rings (SSSR count). The molecule has 0 aromatic heterocycles. The van der Waals surface area contributed by atoms with Gasteiger partial charge >= 0.3 is 0 Å². The monoisotopic (exact) mass is 271 g/mol. The summed E-state index contributed by atoms with van der Waals surface area (Å²) >= 11 is 0. The van der Waals surface area contributed by atoms with Gasteiger partial charge in [0.1, 0.15) is 12.4 Å². The molecule has 0 saturated carbocycles. The zero-order valence-corrected chi connectivity index (χ0v) is 11.7. The lowest BCUT2D eigenvalue weighted by atomic mass is 10.2. The van der Waals surface area contributed by atoms with Crippen molar-refractivity contribution in [1.82, 2.24) is 0 Å². The summed E-state index contributed by atoms with van der Waals surface area (Å²) in [6.07, 6.45) is -0.723. The lowest BCUT2D eigenvalue weighted by Crippen LogP contribution is -2.27. The van der Waals surface area contributed by atoms with E-state index in [1.807, 2.05) is 38.1 Å². The van der Waals surface area contributed by atoms with Gasteiger partial charge in [0, 0.05) is 28.2 Å². The highest BCUT2D eigenvalue weighted by atomic mass is 32.2. The molecule has 102 valence electrons. The van der Waals surface area contributed by atoms with E-state index in [4.69, 9.17) is 10.5 Å². The Hall–Kier alpha value is -0.910. The van der Waals surface area contributed by atoms with Crippen molar-refractivity contribution in [2.45, 2.75) is 31.7 Å². The third-order valence-corrected chi connectivity index (χ3v) is 4.27. The van der Waals surface area contributed by atoms with Gasteiger partial charge in [-0.2, -0.15) is 0 Å². The fourth-order valence-electron chi connectivity index (χ4n) is 1.43. The highest BCUT2D eigenvalue weighted by Crippen LogP contribution is 2.17. The molecule has 0 aliphatic carbocycles. The van der Waals surface area contributed by atoms with Crippen molar-refractivity contribution in [3.8, 4) is 5.75 Å². The maximum absolute atomic E-state index is 11.6. The molecule has 0 bridgehead atoms. The van der Waals surface area contributed by atoms with Crippen LogP contribution in [0.3, 0.4) is 0 Å². The number of benzene rings is 1. The van der Waals surface area contributed by atoms with E-state index in [0.29, 0.717) is 12.3 Å². The Balaban J connectivity index is 2.47. The van der Waals surface area contributed by atoms with Crippen LogP contribution in [-0.2, 0) is 17.3 Å². The fourth-order valence-corrected chi connectivity index (χ4v) is 2.29. The predicted molar refractivity (Wildman–Crippen MR) is 74.0 cm³/mol. The van der Waals surface area contributed by atoms with E-state index in [1.54, 1.807) is 0 Å². The number of ether oxygens (including phenoxy) is 1. The summed E-state index contributed by atoms with van der Waals surface area (Å²) in [7, 11) is -1.02. The molecule has 0 saturated heterocycles. The fraction of sp³-hybridized carbons (Fsp3) is 0.538. The van der Waals surface area contributed by atoms with Crippen molar-refractivity contribution >= 4 is 10.8 Å². The second-order valence-electron chi connectivity index (χ2n) is 4.37. The number of aliphatic hydroxyl groups excluding tert-OH is 1. The van der Waals surface area contributed by atoms with Gasteiger partial charge in [-0.15, -0.1) is 0 Å². The molecule has 3 N–H and O–H groups in total. The third-order valence-electron chi connectivity index (χ3n) is 2.51. The Kier molecular flexibility index (Phi) is 6.32. The smallest absolute Gasteiger partial charge is 0.123 e. The molecule has 0 aliphatic rings. The van der Waals surface area contributed by atoms with Crippen molar-refractivity contribution in [3.63, 3.8) is 0 Å². The zero-order chi connectivity index (χ0) is 13.5. The first-order chi connectivity index (χ1) is 8.54. The lowest BCUT2D eigenvalue weighted by Gasteiger charge is -2.15. The van der Waals surface area contributed by atoms with Gasteiger partial charge in [-0.1, -0.05) is 32.0 Å². The Morgan fingerprint density at radius 3 is 2.67 bits per heavy atom. The van der Waals surface area contributed by atoms with E-state index in [-0.39, 0.29) is 17.6 Å². The first-order valence-corrected chi connectivity index (χ1v) is 7.38. The normalized spacial score (nSPS) is 14.5. The zero-order valence-electron chi connectivity index (χ0n) is 10.8. The third kappa shape index (κ3) is 4.76. The minimum absolute atomic E-state index is 0.0518. The molecule has 2 atom stereocenters. The standard InChI is InChI=1S/C13H21NO3S/c1-10(2)18(16)9-12(15)8-17-13-6-4-3-5-11(13)7-14/h3-6,10,12,15H,7-9,14H2,1-2H3. The number of hydrogen-bond acceptors (Lipinski definition) is 4. The van der Waals surface area contributed by atoms with Gasteiger partial charge < -0.3 is 15.6 Å². The molecule has 0 heterocycles. The molecule has 0 spiro atoms. The summed E-state index contributed by atoms with van der Waals surface area (Å²) in [5.41, 5.74) is 6.48. The summed E-state index contributed by atoms with van der Waals surface area (Å²) in [6, 6.07) is 7.44. The molecule has 0 fully saturated rings. The Morgan fingerprint density at radius 1 is 1.39 bits per heavy atom. The van der Waals surface area contributed by atoms with E-state index in [2.05, 4.69) is 0 Å². The van der Waals surface area contributed by atoms with Crippen LogP contribution in [0.5, 0.6) is 5.75 Å². The quantitative estimate of drug-likeness (QED) is 0.777. The van der Waals surface area contributed by atoms with Gasteiger partial charge in [-0.05, 0) is 6.07 Å². The predicted octanol–water partition coefficient (Wildman–Crippen LogP) is 1.04. The molecule has 4 nitrogen and oxygen atoms in total. The summed E-state index contributed by atoms with van der Waals surface area (Å²) in [6.45, 7) is 4.26. The van der Waals surface area contributed by atoms with Crippen LogP contribution in [0.1, 0.15) is 19.4 Å². The van der Waals surface area contributed by atoms with Gasteiger partial charge in [-0.3, -0.25) is 4.21 Å². The molecular weight excluding hydrogens is 250 g/mol. The van der Waals surface area contributed by atoms with Crippen molar-refractivity contribution in [3.05, 3.63) is 29.8 Å². The minimum Gasteiger partial charge on any atom is -0.491 e. The number of aliphatic hydroxyl groups is 1. The summed E-state index contributed by atoms with van der Waals surface area (Å²) in [5, 5.41) is 9.80. The van der Waals surface area contributed by atoms with Crippen LogP contribution in [0.25, 0.3) is 0 Å². The maximum Gasteiger partial charge on any atom is 0.123 e. The van der Waals surface area contributed by atoms with E-state index >= 15 is 0 Å². The van der Waals surface area contributed by atoms with Crippen molar-refractivity contribution in [1.29, 1.82) is 0 Å². The molecule has 0 radical (unpaired) electrons. The minimum atomic E-state index is -1.02. The maximum atomic E-state index is 11.6. The van der Waals surface area contributed by atoms with Crippen LogP contribution in [0.15, 0.2) is 24.3 Å². The van der Waals surface area contributed by atoms with Crippen molar-refractivity contribution in [2.75, 3.05) is 12.4 Å². The second-order valence-corrected chi connectivity index (χ2v) is 6.41. The van der Waals surface area contributed by atoms with Gasteiger partial charge in [0.05, 0.1) is 11.9 Å². The highest BCUT2D eigenvalue weighted by Gasteiger charge is 2.13. The van der Waals surface area contributed by atoms with Gasteiger partial charge in [0.2, 0.25) is 0 Å². The SMILES string of the molecule is CC(C)S(=O)CC(O)COc1ccccc1CN. The molecule has 0 amide bonds. The average molecular weight is 271 g/mol. The van der Waals surface area contributed by atoms with Crippen LogP contribution in [0.2, 0.25) is 0 Å². The molecule has 0 aliphatic heterocycles. The molecule has 2 unspecified atom stereocenters. The highest BCUT2D eigenvalue weighted by molar-refractivity contribution is 7.85. The van der Waals surface area contributed by atoms with Gasteiger partial charge in [0.15, 0.2) is 0 Å². The van der Waals surface area contributed by atoms with Crippen LogP contribution < -0.4 is 10.5 Å². The largest absolute Gasteiger partial charge is 0.491 e. The molecule has 5 heteroatoms. The van der Waals surface area contributed by atoms with E-state index in [0.717, 1.165) is 5.56 Å². The number of nitrogens with two attached hydrogens (primary N) is 1. The van der Waals surface area contributed by atoms with Crippen LogP contribution in [-0.4, -0.2) is 33.0 Å². The lowest BCUT2D eigenvalue weighted by molar-refractivity contribution is 0.125. The molecule has 18 heavy (non-hydrogen) atoms. The summed E-state index contributed by atoms with van der Waals surface area (Å²) < 4.78 is 17.1. The van der Waals surface area contributed by atoms with Crippen molar-refractivity contribution in [2.24, 2.45) is 5.73 Å². The topological polar surface area (TPSA) is 72.5 Å². The van der Waals surface area contributed by atoms with Crippen LogP contribution >= 0.6 is 0 Å². The second kappa shape index (κ2) is 7.51. The Bertz CT molecular complexity index is 396. The van der Waals surface area contributed by atoms with Crippen LogP contribution in [0.4, 0.5) is 0 Å². The van der Waals surface area contributed by atoms with Crippen LogP contribution in [0, 0.1) is 0 Å². The van der Waals surface area contributed by atoms with Gasteiger partial charge in [0.25, 0.3) is 0 Å². The number of rotatable bonds is 7. The van der Waals surface area contributed by atoms with E-state index in [1.165, 1.54) is 0 Å². The van der Waals surface area contributed by atoms with Gasteiger partial charge in [-0.25, -0.2) is 0 Å². The molecule has 1 aromatic carbocycles. The summed E-state index contributed by atoms with van der Waals surface area (Å²) in [4.78, 5) is 0. The summed E-state index contributed by atoms with van der Waals surface area (Å²) in [5.74, 6) is 0.914. The number of hydrogen-bond donors (Lipinski definition) is 2. The number of para-hydroxylation sites is 1. The molecule has 1 aromatic rings. The average Bonchev–Trinajstić information content (AvgIpc) is 2.36. The molecular formula is C13H21NO3S. The van der Waals surface area contributed by atoms with Crippen molar-refractivity contribution < 1.29 is 14.1 Å². The van der Waals surface area contributed by atoms with E-state index in [9.17, 15) is 9.32 Å². The Labute approximate surface area is 111 Å². The first-order valence-electron chi connectivity index (χ1n) is 6.00.